The molecule has 0 aliphatic carbocycles. The van der Waals surface area contributed by atoms with E-state index in [0.29, 0.717) is 18.2 Å². The van der Waals surface area contributed by atoms with Gasteiger partial charge in [-0.05, 0) is 26.0 Å². The lowest BCUT2D eigenvalue weighted by Gasteiger charge is -2.10. The molecule has 2 N–H and O–H groups in total. The van der Waals surface area contributed by atoms with Gasteiger partial charge in [0.05, 0.1) is 5.69 Å². The van der Waals surface area contributed by atoms with Crippen LogP contribution in [0.4, 0.5) is 0 Å². The van der Waals surface area contributed by atoms with Crippen molar-refractivity contribution in [2.24, 2.45) is 5.73 Å². The van der Waals surface area contributed by atoms with Gasteiger partial charge in [0.1, 0.15) is 17.4 Å². The number of benzene rings is 1. The third kappa shape index (κ3) is 2.83. The van der Waals surface area contributed by atoms with Crippen molar-refractivity contribution in [1.82, 2.24) is 4.98 Å². The van der Waals surface area contributed by atoms with Gasteiger partial charge in [-0.25, -0.2) is 4.98 Å². The van der Waals surface area contributed by atoms with Crippen molar-refractivity contribution in [2.75, 3.05) is 0 Å². The van der Waals surface area contributed by atoms with Crippen LogP contribution < -0.4 is 10.5 Å². The molecule has 5 heteroatoms. The molecular weight excluding hydrogens is 268 g/mol. The fraction of sp³-hybridized carbons (Fsp3) is 0.308. The Kier molecular flexibility index (Phi) is 4.22. The second kappa shape index (κ2) is 5.69. The minimum Gasteiger partial charge on any atom is -0.486 e. The predicted octanol–water partition coefficient (Wildman–Crippen LogP) is 3.45. The number of nitrogens with zero attached hydrogens (tertiary/aromatic N) is 1. The molecule has 0 saturated heterocycles. The Morgan fingerprint density at radius 1 is 1.39 bits per heavy atom. The highest BCUT2D eigenvalue weighted by molar-refractivity contribution is 7.11. The number of rotatable bonds is 4. The summed E-state index contributed by atoms with van der Waals surface area (Å²) < 4.78 is 5.75. The molecule has 18 heavy (non-hydrogen) atoms. The summed E-state index contributed by atoms with van der Waals surface area (Å²) >= 11 is 7.72. The minimum absolute atomic E-state index is 0.366. The molecule has 0 unspecified atom stereocenters. The molecule has 0 bridgehead atoms. The first-order chi connectivity index (χ1) is 8.61. The number of aromatic nitrogens is 1. The molecule has 0 aliphatic heterocycles. The Balaban J connectivity index is 2.13. The van der Waals surface area contributed by atoms with E-state index in [2.05, 4.69) is 11.9 Å². The van der Waals surface area contributed by atoms with E-state index in [1.165, 1.54) is 4.88 Å². The molecule has 0 amide bonds. The lowest BCUT2D eigenvalue weighted by molar-refractivity contribution is 0.302. The van der Waals surface area contributed by atoms with Crippen LogP contribution in [0, 0.1) is 13.8 Å². The maximum absolute atomic E-state index is 6.07. The van der Waals surface area contributed by atoms with Crippen molar-refractivity contribution in [1.29, 1.82) is 0 Å². The first-order valence-corrected chi connectivity index (χ1v) is 6.84. The average molecular weight is 283 g/mol. The van der Waals surface area contributed by atoms with E-state index in [1.54, 1.807) is 11.3 Å². The number of aryl methyl sites for hydroxylation is 2. The van der Waals surface area contributed by atoms with Crippen LogP contribution in [-0.4, -0.2) is 4.98 Å². The van der Waals surface area contributed by atoms with E-state index in [1.807, 2.05) is 25.1 Å². The monoisotopic (exact) mass is 282 g/mol. The van der Waals surface area contributed by atoms with E-state index in [9.17, 15) is 0 Å². The maximum Gasteiger partial charge on any atom is 0.140 e. The Labute approximate surface area is 116 Å². The van der Waals surface area contributed by atoms with Crippen LogP contribution in [0.1, 0.15) is 21.1 Å². The zero-order valence-electron chi connectivity index (χ0n) is 10.4. The summed E-state index contributed by atoms with van der Waals surface area (Å²) in [6.07, 6.45) is 0. The normalized spacial score (nSPS) is 10.7. The molecule has 0 spiro atoms. The Hall–Kier alpha value is -1.10. The summed E-state index contributed by atoms with van der Waals surface area (Å²) in [5.74, 6) is 0.732. The Morgan fingerprint density at radius 2 is 2.17 bits per heavy atom. The summed E-state index contributed by atoms with van der Waals surface area (Å²) in [7, 11) is 0. The van der Waals surface area contributed by atoms with Gasteiger partial charge in [-0.15, -0.1) is 11.3 Å². The summed E-state index contributed by atoms with van der Waals surface area (Å²) in [6, 6.07) is 5.55. The Bertz CT molecular complexity index is 534. The predicted molar refractivity (Wildman–Crippen MR) is 75.3 cm³/mol. The van der Waals surface area contributed by atoms with E-state index in [-0.39, 0.29) is 0 Å². The molecule has 96 valence electrons. The SMILES string of the molecule is Cc1nc(COc2cccc(Cl)c2CN)sc1C. The van der Waals surface area contributed by atoms with Crippen LogP contribution in [0.5, 0.6) is 5.75 Å². The van der Waals surface area contributed by atoms with Crippen molar-refractivity contribution in [3.8, 4) is 5.75 Å². The second-order valence-corrected chi connectivity index (χ2v) is 5.65. The largest absolute Gasteiger partial charge is 0.486 e. The molecule has 3 nitrogen and oxygen atoms in total. The first kappa shape index (κ1) is 13.3. The molecule has 0 saturated carbocycles. The highest BCUT2D eigenvalue weighted by atomic mass is 35.5. The number of hydrogen-bond acceptors (Lipinski definition) is 4. The fourth-order valence-corrected chi connectivity index (χ4v) is 2.70. The highest BCUT2D eigenvalue weighted by Gasteiger charge is 2.08. The molecule has 1 heterocycles. The number of halogens is 1. The smallest absolute Gasteiger partial charge is 0.140 e. The van der Waals surface area contributed by atoms with E-state index in [0.717, 1.165) is 22.0 Å². The number of thiazole rings is 1. The zero-order chi connectivity index (χ0) is 13.1. The van der Waals surface area contributed by atoms with Crippen molar-refractivity contribution in [2.45, 2.75) is 27.0 Å². The topological polar surface area (TPSA) is 48.1 Å². The van der Waals surface area contributed by atoms with Crippen molar-refractivity contribution in [3.05, 3.63) is 44.4 Å². The highest BCUT2D eigenvalue weighted by Crippen LogP contribution is 2.27. The van der Waals surface area contributed by atoms with Gasteiger partial charge in [-0.3, -0.25) is 0 Å². The van der Waals surface area contributed by atoms with E-state index in [4.69, 9.17) is 22.1 Å². The summed E-state index contributed by atoms with van der Waals surface area (Å²) in [5.41, 5.74) is 7.57. The van der Waals surface area contributed by atoms with Crippen molar-refractivity contribution >= 4 is 22.9 Å². The summed E-state index contributed by atoms with van der Waals surface area (Å²) in [6.45, 7) is 4.87. The van der Waals surface area contributed by atoms with E-state index >= 15 is 0 Å². The van der Waals surface area contributed by atoms with Crippen LogP contribution in [-0.2, 0) is 13.2 Å². The average Bonchev–Trinajstić information content (AvgIpc) is 2.66. The third-order valence-electron chi connectivity index (χ3n) is 2.70. The Morgan fingerprint density at radius 3 is 2.78 bits per heavy atom. The number of hydrogen-bond donors (Lipinski definition) is 1. The van der Waals surface area contributed by atoms with Crippen LogP contribution in [0.2, 0.25) is 5.02 Å². The van der Waals surface area contributed by atoms with Gasteiger partial charge in [0, 0.05) is 22.0 Å². The summed E-state index contributed by atoms with van der Waals surface area (Å²) in [5, 5.41) is 1.61. The number of ether oxygens (including phenoxy) is 1. The lowest BCUT2D eigenvalue weighted by atomic mass is 10.2. The molecule has 1 aromatic carbocycles. The fourth-order valence-electron chi connectivity index (χ4n) is 1.61. The van der Waals surface area contributed by atoms with Gasteiger partial charge < -0.3 is 10.5 Å². The molecule has 0 aliphatic rings. The molecule has 2 rings (SSSR count). The lowest BCUT2D eigenvalue weighted by Crippen LogP contribution is -2.03. The summed E-state index contributed by atoms with van der Waals surface area (Å²) in [4.78, 5) is 5.65. The molecule has 0 radical (unpaired) electrons. The van der Waals surface area contributed by atoms with Gasteiger partial charge >= 0.3 is 0 Å². The minimum atomic E-state index is 0.366. The van der Waals surface area contributed by atoms with Gasteiger partial charge in [-0.1, -0.05) is 17.7 Å². The van der Waals surface area contributed by atoms with Crippen LogP contribution in [0.25, 0.3) is 0 Å². The molecule has 0 atom stereocenters. The standard InChI is InChI=1S/C13H15ClN2OS/c1-8-9(2)18-13(16-8)7-17-12-5-3-4-11(14)10(12)6-15/h3-5H,6-7,15H2,1-2H3. The molecular formula is C13H15ClN2OS. The quantitative estimate of drug-likeness (QED) is 0.934. The van der Waals surface area contributed by atoms with Gasteiger partial charge in [0.25, 0.3) is 0 Å². The molecule has 1 aromatic heterocycles. The van der Waals surface area contributed by atoms with E-state index < -0.39 is 0 Å². The molecule has 0 fully saturated rings. The second-order valence-electron chi connectivity index (χ2n) is 3.96. The third-order valence-corrected chi connectivity index (χ3v) is 4.10. The first-order valence-electron chi connectivity index (χ1n) is 5.65. The zero-order valence-corrected chi connectivity index (χ0v) is 11.9. The number of nitrogens with two attached hydrogens (primary N) is 1. The molecule has 2 aromatic rings. The van der Waals surface area contributed by atoms with Crippen LogP contribution in [0.15, 0.2) is 18.2 Å². The van der Waals surface area contributed by atoms with Gasteiger partial charge in [0.15, 0.2) is 0 Å². The van der Waals surface area contributed by atoms with Crippen LogP contribution in [0.3, 0.4) is 0 Å². The maximum atomic E-state index is 6.07. The van der Waals surface area contributed by atoms with Crippen molar-refractivity contribution in [3.63, 3.8) is 0 Å². The van der Waals surface area contributed by atoms with Gasteiger partial charge in [-0.2, -0.15) is 0 Å². The van der Waals surface area contributed by atoms with Gasteiger partial charge in [0.2, 0.25) is 0 Å². The van der Waals surface area contributed by atoms with Crippen LogP contribution >= 0.6 is 22.9 Å². The van der Waals surface area contributed by atoms with Crippen molar-refractivity contribution < 1.29 is 4.74 Å².